The molecule has 0 radical (unpaired) electrons. The highest BCUT2D eigenvalue weighted by Gasteiger charge is 2.33. The van der Waals surface area contributed by atoms with Gasteiger partial charge in [0, 0.05) is 12.7 Å². The molecule has 0 bridgehead atoms. The van der Waals surface area contributed by atoms with E-state index in [1.165, 1.54) is 6.07 Å². The van der Waals surface area contributed by atoms with Crippen LogP contribution < -0.4 is 4.72 Å². The van der Waals surface area contributed by atoms with Crippen LogP contribution in [0.3, 0.4) is 0 Å². The van der Waals surface area contributed by atoms with Crippen LogP contribution in [0.1, 0.15) is 13.8 Å². The third-order valence-corrected chi connectivity index (χ3v) is 4.73. The van der Waals surface area contributed by atoms with E-state index in [0.717, 1.165) is 6.20 Å². The predicted molar refractivity (Wildman–Crippen MR) is 74.3 cm³/mol. The van der Waals surface area contributed by atoms with Gasteiger partial charge in [-0.25, -0.2) is 18.1 Å². The Morgan fingerprint density at radius 1 is 1.50 bits per heavy atom. The molecule has 6 nitrogen and oxygen atoms in total. The Balaban J connectivity index is 2.03. The first-order valence-corrected chi connectivity index (χ1v) is 8.06. The highest BCUT2D eigenvalue weighted by atomic mass is 35.5. The van der Waals surface area contributed by atoms with Crippen LogP contribution in [-0.2, 0) is 19.5 Å². The number of ether oxygens (including phenoxy) is 2. The Bertz CT molecular complexity index is 606. The van der Waals surface area contributed by atoms with E-state index < -0.39 is 15.8 Å². The molecule has 1 aliphatic rings. The highest BCUT2D eigenvalue weighted by Crippen LogP contribution is 2.23. The van der Waals surface area contributed by atoms with Crippen molar-refractivity contribution in [3.05, 3.63) is 22.4 Å². The van der Waals surface area contributed by atoms with Crippen molar-refractivity contribution >= 4 is 33.2 Å². The molecule has 0 spiro atoms. The summed E-state index contributed by atoms with van der Waals surface area (Å²) in [4.78, 5) is 3.66. The fraction of sp³-hybridized carbons (Fsp3) is 0.545. The summed E-state index contributed by atoms with van der Waals surface area (Å²) in [6, 6.07) is 1.25. The maximum Gasteiger partial charge on any atom is 0.242 e. The van der Waals surface area contributed by atoms with E-state index in [0.29, 0.717) is 6.61 Å². The lowest BCUT2D eigenvalue weighted by atomic mass is 10.4. The predicted octanol–water partition coefficient (Wildman–Crippen LogP) is 1.82. The van der Waals surface area contributed by atoms with E-state index in [2.05, 4.69) is 9.71 Å². The minimum absolute atomic E-state index is 0.0509. The number of rotatable bonds is 4. The number of nitrogens with one attached hydrogen (secondary N) is 1. The van der Waals surface area contributed by atoms with Crippen LogP contribution in [0, 0.1) is 0 Å². The van der Waals surface area contributed by atoms with E-state index >= 15 is 0 Å². The number of hydrogen-bond acceptors (Lipinski definition) is 5. The Morgan fingerprint density at radius 3 is 2.75 bits per heavy atom. The zero-order valence-corrected chi connectivity index (χ0v) is 13.2. The second-order valence-electron chi connectivity index (χ2n) is 4.75. The minimum Gasteiger partial charge on any atom is -0.348 e. The van der Waals surface area contributed by atoms with Gasteiger partial charge in [0.05, 0.1) is 17.7 Å². The molecule has 0 saturated carbocycles. The topological polar surface area (TPSA) is 77.5 Å². The number of sulfonamides is 1. The minimum atomic E-state index is -3.72. The van der Waals surface area contributed by atoms with Gasteiger partial charge in [0.25, 0.3) is 0 Å². The fourth-order valence-electron chi connectivity index (χ4n) is 1.70. The first-order valence-electron chi connectivity index (χ1n) is 5.82. The molecule has 20 heavy (non-hydrogen) atoms. The molecule has 1 aromatic heterocycles. The SMILES string of the molecule is CC1(C)OCC(CNS(=O)(=O)c2cnc(Cl)c(Cl)c2)O1. The lowest BCUT2D eigenvalue weighted by Gasteiger charge is -2.17. The second kappa shape index (κ2) is 5.75. The van der Waals surface area contributed by atoms with Gasteiger partial charge in [0.2, 0.25) is 10.0 Å². The average Bonchev–Trinajstić information content (AvgIpc) is 2.70. The Kier molecular flexibility index (Phi) is 4.58. The maximum absolute atomic E-state index is 12.1. The second-order valence-corrected chi connectivity index (χ2v) is 7.28. The van der Waals surface area contributed by atoms with Crippen molar-refractivity contribution in [1.29, 1.82) is 0 Å². The maximum atomic E-state index is 12.1. The zero-order valence-electron chi connectivity index (χ0n) is 10.9. The number of nitrogens with zero attached hydrogens (tertiary/aromatic N) is 1. The van der Waals surface area contributed by atoms with Crippen molar-refractivity contribution in [3.63, 3.8) is 0 Å². The molecule has 112 valence electrons. The van der Waals surface area contributed by atoms with Gasteiger partial charge < -0.3 is 9.47 Å². The van der Waals surface area contributed by atoms with Crippen LogP contribution in [0.4, 0.5) is 0 Å². The summed E-state index contributed by atoms with van der Waals surface area (Å²) in [7, 11) is -3.72. The van der Waals surface area contributed by atoms with Crippen molar-refractivity contribution < 1.29 is 17.9 Å². The molecule has 9 heteroatoms. The summed E-state index contributed by atoms with van der Waals surface area (Å²) >= 11 is 11.4. The van der Waals surface area contributed by atoms with Gasteiger partial charge in [-0.1, -0.05) is 23.2 Å². The summed E-state index contributed by atoms with van der Waals surface area (Å²) in [5, 5.41) is 0.135. The number of halogens is 2. The molecule has 2 heterocycles. The van der Waals surface area contributed by atoms with Crippen molar-refractivity contribution in [2.24, 2.45) is 0 Å². The molecule has 2 rings (SSSR count). The Hall–Kier alpha value is -0.440. The van der Waals surface area contributed by atoms with Gasteiger partial charge in [-0.15, -0.1) is 0 Å². The number of hydrogen-bond donors (Lipinski definition) is 1. The van der Waals surface area contributed by atoms with Crippen LogP contribution in [0.2, 0.25) is 10.2 Å². The van der Waals surface area contributed by atoms with E-state index in [4.69, 9.17) is 32.7 Å². The molecular formula is C11H14Cl2N2O4S. The summed E-state index contributed by atoms with van der Waals surface area (Å²) in [5.74, 6) is -0.693. The number of aromatic nitrogens is 1. The lowest BCUT2D eigenvalue weighted by molar-refractivity contribution is -0.137. The average molecular weight is 341 g/mol. The molecule has 1 N–H and O–H groups in total. The first-order chi connectivity index (χ1) is 9.20. The van der Waals surface area contributed by atoms with E-state index in [-0.39, 0.29) is 27.7 Å². The molecule has 1 saturated heterocycles. The molecule has 1 unspecified atom stereocenters. The van der Waals surface area contributed by atoms with Gasteiger partial charge in [-0.3, -0.25) is 0 Å². The van der Waals surface area contributed by atoms with Gasteiger partial charge >= 0.3 is 0 Å². The highest BCUT2D eigenvalue weighted by molar-refractivity contribution is 7.89. The molecule has 1 aromatic rings. The van der Waals surface area contributed by atoms with Crippen molar-refractivity contribution in [2.75, 3.05) is 13.2 Å². The standard InChI is InChI=1S/C11H14Cl2N2O4S/c1-11(2)18-6-7(19-11)4-15-20(16,17)8-3-9(12)10(13)14-5-8/h3,5,7,15H,4,6H2,1-2H3. The summed E-state index contributed by atoms with van der Waals surface area (Å²) < 4.78 is 37.4. The molecule has 1 atom stereocenters. The molecular weight excluding hydrogens is 327 g/mol. The molecule has 0 aliphatic carbocycles. The summed E-state index contributed by atoms with van der Waals surface area (Å²) in [5.41, 5.74) is 0. The van der Waals surface area contributed by atoms with Gasteiger partial charge in [-0.2, -0.15) is 0 Å². The Labute approximate surface area is 127 Å². The van der Waals surface area contributed by atoms with Crippen LogP contribution in [0.5, 0.6) is 0 Å². The van der Waals surface area contributed by atoms with E-state index in [1.807, 2.05) is 0 Å². The summed E-state index contributed by atoms with van der Waals surface area (Å²) in [6.45, 7) is 3.97. The lowest BCUT2D eigenvalue weighted by Crippen LogP contribution is -2.34. The largest absolute Gasteiger partial charge is 0.348 e. The van der Waals surface area contributed by atoms with Crippen LogP contribution >= 0.6 is 23.2 Å². The van der Waals surface area contributed by atoms with E-state index in [1.54, 1.807) is 13.8 Å². The van der Waals surface area contributed by atoms with Gasteiger partial charge in [-0.05, 0) is 19.9 Å². The van der Waals surface area contributed by atoms with Crippen molar-refractivity contribution in [2.45, 2.75) is 30.6 Å². The van der Waals surface area contributed by atoms with Crippen molar-refractivity contribution in [1.82, 2.24) is 9.71 Å². The van der Waals surface area contributed by atoms with Crippen LogP contribution in [0.25, 0.3) is 0 Å². The smallest absolute Gasteiger partial charge is 0.242 e. The molecule has 1 aliphatic heterocycles. The monoisotopic (exact) mass is 340 g/mol. The summed E-state index contributed by atoms with van der Waals surface area (Å²) in [6.07, 6.45) is 0.808. The van der Waals surface area contributed by atoms with Crippen molar-refractivity contribution in [3.8, 4) is 0 Å². The molecule has 1 fully saturated rings. The van der Waals surface area contributed by atoms with Crippen LogP contribution in [0.15, 0.2) is 17.2 Å². The third-order valence-electron chi connectivity index (χ3n) is 2.65. The van der Waals surface area contributed by atoms with Crippen LogP contribution in [-0.4, -0.2) is 38.4 Å². The normalized spacial score (nSPS) is 22.1. The number of pyridine rings is 1. The quantitative estimate of drug-likeness (QED) is 0.846. The van der Waals surface area contributed by atoms with Gasteiger partial charge in [0.15, 0.2) is 5.79 Å². The zero-order chi connectivity index (χ0) is 15.0. The van der Waals surface area contributed by atoms with Gasteiger partial charge in [0.1, 0.15) is 10.0 Å². The first kappa shape index (κ1) is 15.9. The Morgan fingerprint density at radius 2 is 2.20 bits per heavy atom. The molecule has 0 aromatic carbocycles. The van der Waals surface area contributed by atoms with E-state index in [9.17, 15) is 8.42 Å². The molecule has 0 amide bonds. The third kappa shape index (κ3) is 3.81. The fourth-order valence-corrected chi connectivity index (χ4v) is 3.07.